The number of carbonyl (C=O) groups is 3. The predicted molar refractivity (Wildman–Crippen MR) is 107 cm³/mol. The highest BCUT2D eigenvalue weighted by atomic mass is 16.2. The highest BCUT2D eigenvalue weighted by molar-refractivity contribution is 5.88. The summed E-state index contributed by atoms with van der Waals surface area (Å²) in [7, 11) is 1.52. The summed E-state index contributed by atoms with van der Waals surface area (Å²) in [5.41, 5.74) is 6.40. The summed E-state index contributed by atoms with van der Waals surface area (Å²) in [6.07, 6.45) is 4.88. The van der Waals surface area contributed by atoms with Crippen molar-refractivity contribution in [3.63, 3.8) is 0 Å². The van der Waals surface area contributed by atoms with E-state index in [4.69, 9.17) is 5.73 Å². The third-order valence-corrected chi connectivity index (χ3v) is 6.52. The molecule has 3 rings (SSSR count). The van der Waals surface area contributed by atoms with Gasteiger partial charge in [0.25, 0.3) is 0 Å². The van der Waals surface area contributed by atoms with Gasteiger partial charge in [0.05, 0.1) is 12.1 Å². The van der Waals surface area contributed by atoms with Crippen molar-refractivity contribution < 1.29 is 14.4 Å². The van der Waals surface area contributed by atoms with Crippen LogP contribution in [0.3, 0.4) is 0 Å². The summed E-state index contributed by atoms with van der Waals surface area (Å²) in [5.74, 6) is -0.851. The SMILES string of the molecule is CCC1(c2ccccc2)CCC2(CC1)CN(CC(=O)N(C)CC(N)=O)C(=O)N2. The van der Waals surface area contributed by atoms with E-state index in [1.807, 2.05) is 6.07 Å². The van der Waals surface area contributed by atoms with E-state index >= 15 is 0 Å². The van der Waals surface area contributed by atoms with Gasteiger partial charge < -0.3 is 20.9 Å². The van der Waals surface area contributed by atoms with Crippen LogP contribution in [0, 0.1) is 0 Å². The zero-order valence-corrected chi connectivity index (χ0v) is 16.7. The van der Waals surface area contributed by atoms with Crippen molar-refractivity contribution >= 4 is 17.8 Å². The third kappa shape index (κ3) is 3.98. The lowest BCUT2D eigenvalue weighted by Crippen LogP contribution is -2.50. The molecule has 1 heterocycles. The van der Waals surface area contributed by atoms with Crippen molar-refractivity contribution in [1.29, 1.82) is 0 Å². The number of rotatable bonds is 6. The van der Waals surface area contributed by atoms with Gasteiger partial charge >= 0.3 is 6.03 Å². The van der Waals surface area contributed by atoms with Gasteiger partial charge in [0.1, 0.15) is 6.54 Å². The number of likely N-dealkylation sites (N-methyl/N-ethyl adjacent to an activating group) is 1. The second-order valence-electron chi connectivity index (χ2n) is 8.28. The Kier molecular flexibility index (Phi) is 5.63. The van der Waals surface area contributed by atoms with Gasteiger partial charge in [-0.05, 0) is 43.1 Å². The van der Waals surface area contributed by atoms with Crippen LogP contribution >= 0.6 is 0 Å². The number of nitrogens with zero attached hydrogens (tertiary/aromatic N) is 2. The van der Waals surface area contributed by atoms with Gasteiger partial charge in [-0.2, -0.15) is 0 Å². The molecule has 1 saturated carbocycles. The number of nitrogens with one attached hydrogen (secondary N) is 1. The first kappa shape index (κ1) is 20.2. The van der Waals surface area contributed by atoms with Crippen molar-refractivity contribution in [2.24, 2.45) is 5.73 Å². The summed E-state index contributed by atoms with van der Waals surface area (Å²) < 4.78 is 0. The van der Waals surface area contributed by atoms with Crippen LogP contribution < -0.4 is 11.1 Å². The van der Waals surface area contributed by atoms with Crippen LogP contribution in [0.25, 0.3) is 0 Å². The molecule has 1 saturated heterocycles. The van der Waals surface area contributed by atoms with Crippen LogP contribution in [0.1, 0.15) is 44.6 Å². The molecule has 1 aromatic rings. The van der Waals surface area contributed by atoms with Gasteiger partial charge in [-0.3, -0.25) is 9.59 Å². The Morgan fingerprint density at radius 1 is 1.18 bits per heavy atom. The molecule has 0 unspecified atom stereocenters. The summed E-state index contributed by atoms with van der Waals surface area (Å²) in [5, 5.41) is 3.14. The lowest BCUT2D eigenvalue weighted by molar-refractivity contribution is -0.134. The predicted octanol–water partition coefficient (Wildman–Crippen LogP) is 1.62. The van der Waals surface area contributed by atoms with Crippen molar-refractivity contribution in [3.8, 4) is 0 Å². The molecule has 1 aliphatic carbocycles. The zero-order chi connectivity index (χ0) is 20.4. The molecule has 1 aliphatic heterocycles. The number of amides is 4. The number of primary amides is 1. The molecule has 0 radical (unpaired) electrons. The maximum atomic E-state index is 12.5. The molecule has 4 amide bonds. The van der Waals surface area contributed by atoms with Gasteiger partial charge in [0, 0.05) is 13.6 Å². The fourth-order valence-corrected chi connectivity index (χ4v) is 4.64. The molecule has 7 nitrogen and oxygen atoms in total. The molecule has 0 aromatic heterocycles. The maximum absolute atomic E-state index is 12.5. The molecular weight excluding hydrogens is 356 g/mol. The molecule has 0 atom stereocenters. The molecule has 152 valence electrons. The van der Waals surface area contributed by atoms with Crippen molar-refractivity contribution in [2.75, 3.05) is 26.7 Å². The fourth-order valence-electron chi connectivity index (χ4n) is 4.64. The second kappa shape index (κ2) is 7.81. The van der Waals surface area contributed by atoms with Crippen molar-refractivity contribution in [2.45, 2.75) is 50.0 Å². The standard InChI is InChI=1S/C21H30N4O3/c1-3-20(16-7-5-4-6-8-16)9-11-21(12-10-20)15-25(19(28)23-21)14-18(27)24(2)13-17(22)26/h4-8H,3,9-15H2,1-2H3,(H2,22,26)(H,23,28). The van der Waals surface area contributed by atoms with E-state index in [0.29, 0.717) is 6.54 Å². The van der Waals surface area contributed by atoms with E-state index in [1.165, 1.54) is 17.5 Å². The van der Waals surface area contributed by atoms with E-state index in [-0.39, 0.29) is 36.0 Å². The zero-order valence-electron chi connectivity index (χ0n) is 16.7. The Bertz CT molecular complexity index is 741. The van der Waals surface area contributed by atoms with Crippen LogP contribution in [-0.2, 0) is 15.0 Å². The normalized spacial score (nSPS) is 26.9. The average molecular weight is 386 g/mol. The fraction of sp³-hybridized carbons (Fsp3) is 0.571. The lowest BCUT2D eigenvalue weighted by Gasteiger charge is -2.44. The quantitative estimate of drug-likeness (QED) is 0.778. The number of urea groups is 1. The number of nitrogens with two attached hydrogens (primary N) is 1. The number of carbonyl (C=O) groups excluding carboxylic acids is 3. The van der Waals surface area contributed by atoms with E-state index in [2.05, 4.69) is 36.5 Å². The molecule has 2 aliphatic rings. The molecule has 28 heavy (non-hydrogen) atoms. The topological polar surface area (TPSA) is 95.7 Å². The lowest BCUT2D eigenvalue weighted by atomic mass is 9.63. The van der Waals surface area contributed by atoms with Crippen molar-refractivity contribution in [1.82, 2.24) is 15.1 Å². The summed E-state index contributed by atoms with van der Waals surface area (Å²) >= 11 is 0. The first-order valence-corrected chi connectivity index (χ1v) is 9.94. The monoisotopic (exact) mass is 386 g/mol. The minimum atomic E-state index is -0.567. The Balaban J connectivity index is 1.64. The largest absolute Gasteiger partial charge is 0.368 e. The molecule has 1 spiro atoms. The summed E-state index contributed by atoms with van der Waals surface area (Å²) in [4.78, 5) is 38.6. The average Bonchev–Trinajstić information content (AvgIpc) is 2.98. The van der Waals surface area contributed by atoms with Crippen LogP contribution in [-0.4, -0.2) is 59.9 Å². The van der Waals surface area contributed by atoms with Gasteiger partial charge in [-0.15, -0.1) is 0 Å². The molecular formula is C21H30N4O3. The number of hydrogen-bond donors (Lipinski definition) is 2. The minimum absolute atomic E-state index is 0.0328. The Labute approximate surface area is 166 Å². The first-order chi connectivity index (χ1) is 13.3. The molecule has 3 N–H and O–H groups in total. The Hall–Kier alpha value is -2.57. The molecule has 2 fully saturated rings. The highest BCUT2D eigenvalue weighted by Gasteiger charge is 2.48. The van der Waals surface area contributed by atoms with Crippen LogP contribution in [0.4, 0.5) is 4.79 Å². The van der Waals surface area contributed by atoms with Gasteiger partial charge in [-0.25, -0.2) is 4.79 Å². The first-order valence-electron chi connectivity index (χ1n) is 9.94. The number of hydrogen-bond acceptors (Lipinski definition) is 3. The van der Waals surface area contributed by atoms with Gasteiger partial charge in [0.15, 0.2) is 0 Å². The van der Waals surface area contributed by atoms with E-state index in [9.17, 15) is 14.4 Å². The summed E-state index contributed by atoms with van der Waals surface area (Å²) in [6, 6.07) is 10.4. The smallest absolute Gasteiger partial charge is 0.318 e. The van der Waals surface area contributed by atoms with Gasteiger partial charge in [-0.1, -0.05) is 37.3 Å². The van der Waals surface area contributed by atoms with E-state index in [0.717, 1.165) is 32.1 Å². The number of benzene rings is 1. The second-order valence-corrected chi connectivity index (χ2v) is 8.28. The molecule has 7 heteroatoms. The minimum Gasteiger partial charge on any atom is -0.368 e. The van der Waals surface area contributed by atoms with E-state index in [1.54, 1.807) is 4.90 Å². The molecule has 1 aromatic carbocycles. The van der Waals surface area contributed by atoms with Crippen LogP contribution in [0.5, 0.6) is 0 Å². The Morgan fingerprint density at radius 3 is 2.39 bits per heavy atom. The van der Waals surface area contributed by atoms with Crippen LogP contribution in [0.2, 0.25) is 0 Å². The highest BCUT2D eigenvalue weighted by Crippen LogP contribution is 2.46. The van der Waals surface area contributed by atoms with Crippen molar-refractivity contribution in [3.05, 3.63) is 35.9 Å². The Morgan fingerprint density at radius 2 is 1.82 bits per heavy atom. The third-order valence-electron chi connectivity index (χ3n) is 6.52. The molecule has 0 bridgehead atoms. The van der Waals surface area contributed by atoms with Crippen LogP contribution in [0.15, 0.2) is 30.3 Å². The van der Waals surface area contributed by atoms with Gasteiger partial charge in [0.2, 0.25) is 11.8 Å². The van der Waals surface area contributed by atoms with E-state index < -0.39 is 5.91 Å². The summed E-state index contributed by atoms with van der Waals surface area (Å²) in [6.45, 7) is 2.58. The maximum Gasteiger partial charge on any atom is 0.318 e.